The highest BCUT2D eigenvalue weighted by atomic mass is 16.5. The average molecular weight is 518 g/mol. The third-order valence-electron chi connectivity index (χ3n) is 7.26. The Morgan fingerprint density at radius 2 is 2.05 bits per heavy atom. The summed E-state index contributed by atoms with van der Waals surface area (Å²) in [4.78, 5) is 21.4. The highest BCUT2D eigenvalue weighted by Gasteiger charge is 2.31. The van der Waals surface area contributed by atoms with Crippen LogP contribution in [-0.2, 0) is 21.3 Å². The Morgan fingerprint density at radius 3 is 2.84 bits per heavy atom. The summed E-state index contributed by atoms with van der Waals surface area (Å²) in [5.74, 6) is 1.19. The predicted molar refractivity (Wildman–Crippen MR) is 141 cm³/mol. The van der Waals surface area contributed by atoms with Gasteiger partial charge in [-0.3, -0.25) is 19.1 Å². The van der Waals surface area contributed by atoms with E-state index < -0.39 is 0 Å². The summed E-state index contributed by atoms with van der Waals surface area (Å²) in [7, 11) is 5.18. The number of aryl methyl sites for hydroxylation is 1. The van der Waals surface area contributed by atoms with Gasteiger partial charge in [-0.1, -0.05) is 0 Å². The minimum Gasteiger partial charge on any atom is -0.494 e. The fourth-order valence-electron chi connectivity index (χ4n) is 5.13. The number of aromatic nitrogens is 6. The fourth-order valence-corrected chi connectivity index (χ4v) is 5.13. The number of nitrogens with zero attached hydrogens (tertiary/aromatic N) is 6. The van der Waals surface area contributed by atoms with E-state index in [4.69, 9.17) is 19.3 Å². The monoisotopic (exact) mass is 517 g/mol. The van der Waals surface area contributed by atoms with Gasteiger partial charge in [-0.2, -0.15) is 10.2 Å². The van der Waals surface area contributed by atoms with E-state index in [0.29, 0.717) is 29.6 Å². The van der Waals surface area contributed by atoms with Crippen LogP contribution in [0.25, 0.3) is 33.4 Å². The van der Waals surface area contributed by atoms with E-state index >= 15 is 0 Å². The maximum absolute atomic E-state index is 12.3. The number of fused-ring (bicyclic) bond motifs is 1. The van der Waals surface area contributed by atoms with Gasteiger partial charge >= 0.3 is 0 Å². The number of pyridine rings is 2. The molecule has 1 amide bonds. The number of methoxy groups -OCH3 is 2. The van der Waals surface area contributed by atoms with Gasteiger partial charge in [0.2, 0.25) is 5.91 Å². The van der Waals surface area contributed by atoms with Gasteiger partial charge in [0, 0.05) is 55.6 Å². The number of carbonyl (C=O) groups is 1. The molecule has 198 valence electrons. The van der Waals surface area contributed by atoms with Crippen LogP contribution in [0.3, 0.4) is 0 Å². The van der Waals surface area contributed by atoms with Gasteiger partial charge in [-0.05, 0) is 37.8 Å². The summed E-state index contributed by atoms with van der Waals surface area (Å²) in [6.07, 6.45) is 11.1. The van der Waals surface area contributed by atoms with Crippen LogP contribution in [-0.4, -0.2) is 69.0 Å². The lowest BCUT2D eigenvalue weighted by Crippen LogP contribution is -2.35. The maximum Gasteiger partial charge on any atom is 0.228 e. The lowest BCUT2D eigenvalue weighted by Gasteiger charge is -2.31. The molecule has 38 heavy (non-hydrogen) atoms. The molecule has 2 fully saturated rings. The summed E-state index contributed by atoms with van der Waals surface area (Å²) in [6.45, 7) is 1.26. The summed E-state index contributed by atoms with van der Waals surface area (Å²) in [5, 5.41) is 13.2. The Kier molecular flexibility index (Phi) is 6.54. The zero-order valence-corrected chi connectivity index (χ0v) is 21.8. The first-order chi connectivity index (χ1) is 18.6. The Hall–Kier alpha value is -3.83. The topological polar surface area (TPSA) is 118 Å². The summed E-state index contributed by atoms with van der Waals surface area (Å²) < 4.78 is 21.0. The Labute approximate surface area is 220 Å². The number of ether oxygens (including phenoxy) is 3. The standard InChI is InChI=1S/C27H31N7O4/c1-33-21-13-29-23(31-27(35)16-6-7-16)11-19(21)24(32-33)25-26(37-3)18(8-9-28-25)17-12-30-34(14-17)20-5-4-10-38-22(20)15-36-2/h8-9,11-14,16,20,22H,4-7,10,15H2,1-3H3,(H,29,31,35)/t20-,22+/m0/s1. The van der Waals surface area contributed by atoms with Crippen molar-refractivity contribution in [1.82, 2.24) is 29.5 Å². The molecule has 5 heterocycles. The lowest BCUT2D eigenvalue weighted by molar-refractivity contribution is -0.117. The van der Waals surface area contributed by atoms with Gasteiger partial charge in [0.05, 0.1) is 37.7 Å². The number of anilines is 1. The molecule has 1 N–H and O–H groups in total. The highest BCUT2D eigenvalue weighted by molar-refractivity contribution is 5.99. The number of rotatable bonds is 8. The highest BCUT2D eigenvalue weighted by Crippen LogP contribution is 2.40. The van der Waals surface area contributed by atoms with Crippen LogP contribution < -0.4 is 10.1 Å². The van der Waals surface area contributed by atoms with Crippen molar-refractivity contribution in [3.63, 3.8) is 0 Å². The molecule has 1 saturated carbocycles. The maximum atomic E-state index is 12.3. The fraction of sp³-hybridized carbons (Fsp3) is 0.444. The molecule has 1 saturated heterocycles. The van der Waals surface area contributed by atoms with E-state index in [1.54, 1.807) is 31.3 Å². The third-order valence-corrected chi connectivity index (χ3v) is 7.26. The lowest BCUT2D eigenvalue weighted by atomic mass is 10.0. The van der Waals surface area contributed by atoms with Crippen LogP contribution in [0, 0.1) is 5.92 Å². The van der Waals surface area contributed by atoms with Crippen LogP contribution >= 0.6 is 0 Å². The van der Waals surface area contributed by atoms with Crippen molar-refractivity contribution in [2.75, 3.05) is 32.8 Å². The van der Waals surface area contributed by atoms with Crippen molar-refractivity contribution in [1.29, 1.82) is 0 Å². The molecule has 0 unspecified atom stereocenters. The van der Waals surface area contributed by atoms with E-state index in [0.717, 1.165) is 54.3 Å². The minimum atomic E-state index is -0.0421. The smallest absolute Gasteiger partial charge is 0.228 e. The minimum absolute atomic E-state index is 0.00751. The first-order valence-electron chi connectivity index (χ1n) is 12.9. The zero-order chi connectivity index (χ0) is 26.2. The molecule has 11 heteroatoms. The second kappa shape index (κ2) is 10.1. The molecule has 1 aliphatic carbocycles. The molecule has 6 rings (SSSR count). The molecule has 0 aromatic carbocycles. The van der Waals surface area contributed by atoms with Gasteiger partial charge in [0.1, 0.15) is 23.3 Å². The summed E-state index contributed by atoms with van der Waals surface area (Å²) >= 11 is 0. The molecule has 0 spiro atoms. The van der Waals surface area contributed by atoms with Crippen molar-refractivity contribution in [2.24, 2.45) is 13.0 Å². The number of amides is 1. The van der Waals surface area contributed by atoms with Gasteiger partial charge in [-0.25, -0.2) is 4.98 Å². The van der Waals surface area contributed by atoms with Gasteiger partial charge in [-0.15, -0.1) is 0 Å². The molecule has 4 aromatic heterocycles. The molecule has 4 aromatic rings. The number of nitrogens with one attached hydrogen (secondary N) is 1. The van der Waals surface area contributed by atoms with Gasteiger partial charge in [0.15, 0.2) is 5.75 Å². The molecule has 2 atom stereocenters. The van der Waals surface area contributed by atoms with E-state index in [1.165, 1.54) is 0 Å². The largest absolute Gasteiger partial charge is 0.494 e. The van der Waals surface area contributed by atoms with E-state index in [2.05, 4.69) is 20.4 Å². The number of carbonyl (C=O) groups excluding carboxylic acids is 1. The number of hydrogen-bond acceptors (Lipinski definition) is 8. The van der Waals surface area contributed by atoms with Crippen molar-refractivity contribution >= 4 is 22.6 Å². The molecule has 11 nitrogen and oxygen atoms in total. The van der Waals surface area contributed by atoms with E-state index in [-0.39, 0.29) is 24.0 Å². The summed E-state index contributed by atoms with van der Waals surface area (Å²) in [6, 6.07) is 3.87. The average Bonchev–Trinajstić information content (AvgIpc) is 3.59. The Morgan fingerprint density at radius 1 is 1.18 bits per heavy atom. The Balaban J connectivity index is 1.37. The van der Waals surface area contributed by atoms with Gasteiger partial charge in [0.25, 0.3) is 0 Å². The van der Waals surface area contributed by atoms with Crippen LogP contribution in [0.2, 0.25) is 0 Å². The normalized spacial score (nSPS) is 19.6. The van der Waals surface area contributed by atoms with Crippen LogP contribution in [0.4, 0.5) is 5.82 Å². The van der Waals surface area contributed by atoms with E-state index in [9.17, 15) is 4.79 Å². The van der Waals surface area contributed by atoms with Crippen LogP contribution in [0.5, 0.6) is 5.75 Å². The molecule has 2 aliphatic rings. The van der Waals surface area contributed by atoms with Crippen molar-refractivity contribution in [3.8, 4) is 28.3 Å². The zero-order valence-electron chi connectivity index (χ0n) is 21.8. The third kappa shape index (κ3) is 4.52. The SMILES string of the molecule is COC[C@H]1OCCC[C@@H]1n1cc(-c2ccnc(-c3nn(C)c4cnc(NC(=O)C5CC5)cc34)c2OC)cn1. The van der Waals surface area contributed by atoms with Crippen molar-refractivity contribution in [2.45, 2.75) is 37.8 Å². The molecule has 0 bridgehead atoms. The summed E-state index contributed by atoms with van der Waals surface area (Å²) in [5.41, 5.74) is 3.85. The van der Waals surface area contributed by atoms with Crippen molar-refractivity contribution < 1.29 is 19.0 Å². The number of hydrogen-bond donors (Lipinski definition) is 1. The predicted octanol–water partition coefficient (Wildman–Crippen LogP) is 3.62. The van der Waals surface area contributed by atoms with Crippen LogP contribution in [0.15, 0.2) is 36.9 Å². The molecule has 1 aliphatic heterocycles. The first kappa shape index (κ1) is 24.5. The molecule has 0 radical (unpaired) electrons. The van der Waals surface area contributed by atoms with Crippen molar-refractivity contribution in [3.05, 3.63) is 36.9 Å². The van der Waals surface area contributed by atoms with E-state index in [1.807, 2.05) is 36.3 Å². The molecular weight excluding hydrogens is 486 g/mol. The molecular formula is C27H31N7O4. The second-order valence-corrected chi connectivity index (χ2v) is 9.85. The van der Waals surface area contributed by atoms with Crippen LogP contribution in [0.1, 0.15) is 31.7 Å². The Bertz CT molecular complexity index is 1470. The second-order valence-electron chi connectivity index (χ2n) is 9.85. The first-order valence-corrected chi connectivity index (χ1v) is 12.9. The quantitative estimate of drug-likeness (QED) is 0.377. The van der Waals surface area contributed by atoms with Gasteiger partial charge < -0.3 is 19.5 Å².